The maximum absolute atomic E-state index is 5.71. The molecule has 0 spiro atoms. The van der Waals surface area contributed by atoms with Crippen molar-refractivity contribution in [2.24, 2.45) is 0 Å². The van der Waals surface area contributed by atoms with Gasteiger partial charge >= 0.3 is 0 Å². The zero-order valence-corrected chi connectivity index (χ0v) is 11.1. The average molecular weight is 228 g/mol. The van der Waals surface area contributed by atoms with Gasteiger partial charge in [-0.15, -0.1) is 0 Å². The summed E-state index contributed by atoms with van der Waals surface area (Å²) in [4.78, 5) is 0. The van der Waals surface area contributed by atoms with Crippen molar-refractivity contribution in [3.05, 3.63) is 0 Å². The van der Waals surface area contributed by atoms with Crippen molar-refractivity contribution in [1.82, 2.24) is 0 Å². The molecule has 1 aliphatic heterocycles. The second kappa shape index (κ2) is 8.08. The molecule has 0 aromatic carbocycles. The molecule has 1 saturated heterocycles. The van der Waals surface area contributed by atoms with Gasteiger partial charge in [-0.3, -0.25) is 0 Å². The number of rotatable bonds is 10. The Hall–Kier alpha value is -0.0800. The first-order valence-electron chi connectivity index (χ1n) is 7.05. The Labute approximate surface area is 101 Å². The van der Waals surface area contributed by atoms with E-state index in [2.05, 4.69) is 13.8 Å². The van der Waals surface area contributed by atoms with E-state index in [4.69, 9.17) is 9.47 Å². The van der Waals surface area contributed by atoms with Crippen molar-refractivity contribution >= 4 is 0 Å². The summed E-state index contributed by atoms with van der Waals surface area (Å²) in [6.07, 6.45) is 10.3. The molecular formula is C14H28O2. The van der Waals surface area contributed by atoms with Crippen molar-refractivity contribution in [3.63, 3.8) is 0 Å². The van der Waals surface area contributed by atoms with Crippen LogP contribution in [0.3, 0.4) is 0 Å². The molecule has 0 radical (unpaired) electrons. The molecular weight excluding hydrogens is 200 g/mol. The summed E-state index contributed by atoms with van der Waals surface area (Å²) in [5, 5.41) is 0. The number of hydrogen-bond acceptors (Lipinski definition) is 2. The van der Waals surface area contributed by atoms with Gasteiger partial charge in [-0.25, -0.2) is 0 Å². The molecule has 2 nitrogen and oxygen atoms in total. The second-order valence-electron chi connectivity index (χ2n) is 4.96. The molecule has 1 rings (SSSR count). The van der Waals surface area contributed by atoms with Crippen LogP contribution in [0.5, 0.6) is 0 Å². The topological polar surface area (TPSA) is 18.5 Å². The first-order valence-corrected chi connectivity index (χ1v) is 7.05. The lowest BCUT2D eigenvalue weighted by atomic mass is 9.93. The maximum Gasteiger partial charge on any atom is 0.0934 e. The van der Waals surface area contributed by atoms with Gasteiger partial charge in [0, 0.05) is 13.0 Å². The fraction of sp³-hybridized carbons (Fsp3) is 1.00. The van der Waals surface area contributed by atoms with E-state index in [1.165, 1.54) is 44.9 Å². The van der Waals surface area contributed by atoms with Crippen molar-refractivity contribution in [2.75, 3.05) is 19.8 Å². The lowest BCUT2D eigenvalue weighted by Gasteiger charge is -2.40. The molecule has 16 heavy (non-hydrogen) atoms. The molecule has 0 amide bonds. The van der Waals surface area contributed by atoms with Crippen LogP contribution in [0.2, 0.25) is 0 Å². The number of hydrogen-bond donors (Lipinski definition) is 0. The van der Waals surface area contributed by atoms with E-state index >= 15 is 0 Å². The fourth-order valence-electron chi connectivity index (χ4n) is 2.13. The van der Waals surface area contributed by atoms with Crippen LogP contribution in [0, 0.1) is 0 Å². The van der Waals surface area contributed by atoms with Gasteiger partial charge in [0.1, 0.15) is 0 Å². The van der Waals surface area contributed by atoms with E-state index < -0.39 is 0 Å². The van der Waals surface area contributed by atoms with Gasteiger partial charge in [-0.1, -0.05) is 46.0 Å². The van der Waals surface area contributed by atoms with Crippen LogP contribution in [0.15, 0.2) is 0 Å². The summed E-state index contributed by atoms with van der Waals surface area (Å²) in [6, 6.07) is 0. The van der Waals surface area contributed by atoms with Gasteiger partial charge in [0.15, 0.2) is 0 Å². The van der Waals surface area contributed by atoms with Crippen LogP contribution in [-0.2, 0) is 9.47 Å². The third-order valence-electron chi connectivity index (χ3n) is 3.62. The molecule has 96 valence electrons. The van der Waals surface area contributed by atoms with Gasteiger partial charge < -0.3 is 9.47 Å². The van der Waals surface area contributed by atoms with E-state index in [0.29, 0.717) is 0 Å². The minimum Gasteiger partial charge on any atom is -0.378 e. The third kappa shape index (κ3) is 4.84. The van der Waals surface area contributed by atoms with Crippen LogP contribution in [-0.4, -0.2) is 25.4 Å². The first kappa shape index (κ1) is 14.0. The van der Waals surface area contributed by atoms with Gasteiger partial charge in [0.25, 0.3) is 0 Å². The molecule has 2 heteroatoms. The Kier molecular flexibility index (Phi) is 7.06. The molecule has 0 aromatic rings. The molecule has 1 fully saturated rings. The summed E-state index contributed by atoms with van der Waals surface area (Å²) in [5.74, 6) is 0. The highest BCUT2D eigenvalue weighted by atomic mass is 16.6. The molecule has 1 unspecified atom stereocenters. The zero-order valence-electron chi connectivity index (χ0n) is 11.1. The second-order valence-corrected chi connectivity index (χ2v) is 4.96. The SMILES string of the molecule is CCCCCCCCOCC1(CC)CCO1. The first-order chi connectivity index (χ1) is 7.83. The molecule has 1 aliphatic rings. The van der Waals surface area contributed by atoms with Gasteiger partial charge in [0.05, 0.1) is 18.8 Å². The van der Waals surface area contributed by atoms with Gasteiger partial charge in [-0.05, 0) is 12.8 Å². The van der Waals surface area contributed by atoms with Crippen molar-refractivity contribution in [1.29, 1.82) is 0 Å². The Morgan fingerprint density at radius 2 is 1.75 bits per heavy atom. The predicted octanol–water partition coefficient (Wildman–Crippen LogP) is 3.93. The van der Waals surface area contributed by atoms with Crippen LogP contribution < -0.4 is 0 Å². The Morgan fingerprint density at radius 1 is 1.06 bits per heavy atom. The molecule has 0 N–H and O–H groups in total. The molecule has 0 aliphatic carbocycles. The molecule has 1 heterocycles. The van der Waals surface area contributed by atoms with Crippen LogP contribution in [0.1, 0.15) is 65.2 Å². The minimum absolute atomic E-state index is 0.0855. The quantitative estimate of drug-likeness (QED) is 0.527. The molecule has 0 bridgehead atoms. The summed E-state index contributed by atoms with van der Waals surface area (Å²) in [7, 11) is 0. The van der Waals surface area contributed by atoms with E-state index in [9.17, 15) is 0 Å². The largest absolute Gasteiger partial charge is 0.378 e. The molecule has 1 atom stereocenters. The van der Waals surface area contributed by atoms with Crippen LogP contribution >= 0.6 is 0 Å². The summed E-state index contributed by atoms with van der Waals surface area (Å²) >= 11 is 0. The highest BCUT2D eigenvalue weighted by molar-refractivity contribution is 4.85. The van der Waals surface area contributed by atoms with Gasteiger partial charge in [-0.2, -0.15) is 0 Å². The monoisotopic (exact) mass is 228 g/mol. The molecule has 0 aromatic heterocycles. The summed E-state index contributed by atoms with van der Waals surface area (Å²) in [6.45, 7) is 7.09. The summed E-state index contributed by atoms with van der Waals surface area (Å²) < 4.78 is 11.3. The van der Waals surface area contributed by atoms with E-state index in [1.807, 2.05) is 0 Å². The Morgan fingerprint density at radius 3 is 2.31 bits per heavy atom. The van der Waals surface area contributed by atoms with Gasteiger partial charge in [0.2, 0.25) is 0 Å². The van der Waals surface area contributed by atoms with E-state index in [0.717, 1.165) is 26.2 Å². The average Bonchev–Trinajstić information content (AvgIpc) is 2.25. The van der Waals surface area contributed by atoms with Crippen LogP contribution in [0.4, 0.5) is 0 Å². The number of unbranched alkanes of at least 4 members (excludes halogenated alkanes) is 5. The minimum atomic E-state index is 0.0855. The lowest BCUT2D eigenvalue weighted by molar-refractivity contribution is -0.182. The highest BCUT2D eigenvalue weighted by Crippen LogP contribution is 2.30. The Bertz CT molecular complexity index is 159. The van der Waals surface area contributed by atoms with E-state index in [1.54, 1.807) is 0 Å². The smallest absolute Gasteiger partial charge is 0.0934 e. The molecule has 0 saturated carbocycles. The lowest BCUT2D eigenvalue weighted by Crippen LogP contribution is -2.47. The highest BCUT2D eigenvalue weighted by Gasteiger charge is 2.36. The number of ether oxygens (including phenoxy) is 2. The predicted molar refractivity (Wildman–Crippen MR) is 67.8 cm³/mol. The van der Waals surface area contributed by atoms with Crippen molar-refractivity contribution in [2.45, 2.75) is 70.8 Å². The fourth-order valence-corrected chi connectivity index (χ4v) is 2.13. The van der Waals surface area contributed by atoms with Crippen LogP contribution in [0.25, 0.3) is 0 Å². The van der Waals surface area contributed by atoms with Crippen molar-refractivity contribution < 1.29 is 9.47 Å². The standard InChI is InChI=1S/C14H28O2/c1-3-5-6-7-8-9-11-15-13-14(4-2)10-12-16-14/h3-13H2,1-2H3. The Balaban J connectivity index is 1.84. The van der Waals surface area contributed by atoms with E-state index in [-0.39, 0.29) is 5.60 Å². The third-order valence-corrected chi connectivity index (χ3v) is 3.62. The normalized spacial score (nSPS) is 24.4. The zero-order chi connectivity index (χ0) is 11.7. The maximum atomic E-state index is 5.71. The van der Waals surface area contributed by atoms with Crippen molar-refractivity contribution in [3.8, 4) is 0 Å². The summed E-state index contributed by atoms with van der Waals surface area (Å²) in [5.41, 5.74) is 0.0855.